The highest BCUT2D eigenvalue weighted by Crippen LogP contribution is 2.31. The molecule has 1 fully saturated rings. The molecule has 1 amide bonds. The number of fused-ring (bicyclic) bond motifs is 1. The summed E-state index contributed by atoms with van der Waals surface area (Å²) < 4.78 is 12.5. The zero-order chi connectivity index (χ0) is 18.9. The lowest BCUT2D eigenvalue weighted by Gasteiger charge is -2.41. The van der Waals surface area contributed by atoms with E-state index in [0.717, 1.165) is 6.42 Å². The van der Waals surface area contributed by atoms with Gasteiger partial charge in [0.2, 0.25) is 0 Å². The van der Waals surface area contributed by atoms with Crippen LogP contribution in [0, 0.1) is 16.0 Å². The molecule has 1 unspecified atom stereocenters. The van der Waals surface area contributed by atoms with Crippen LogP contribution in [0.25, 0.3) is 0 Å². The van der Waals surface area contributed by atoms with E-state index in [-0.39, 0.29) is 36.5 Å². The average molecular weight is 365 g/mol. The molecule has 142 valence electrons. The van der Waals surface area contributed by atoms with Crippen LogP contribution < -0.4 is 4.74 Å². The fourth-order valence-corrected chi connectivity index (χ4v) is 3.04. The fraction of sp³-hybridized carbons (Fsp3) is 0.688. The highest BCUT2D eigenvalue weighted by molar-refractivity contribution is 5.69. The average Bonchev–Trinajstić information content (AvgIpc) is 2.86. The molecule has 10 heteroatoms. The number of ether oxygens (including phenoxy) is 2. The lowest BCUT2D eigenvalue weighted by molar-refractivity contribution is -0.389. The van der Waals surface area contributed by atoms with E-state index in [1.165, 1.54) is 6.20 Å². The van der Waals surface area contributed by atoms with Crippen molar-refractivity contribution in [2.24, 2.45) is 10.9 Å². The Morgan fingerprint density at radius 1 is 1.46 bits per heavy atom. The van der Waals surface area contributed by atoms with Gasteiger partial charge in [0, 0.05) is 24.3 Å². The second kappa shape index (κ2) is 6.93. The first-order valence-corrected chi connectivity index (χ1v) is 8.55. The molecule has 1 aromatic rings. The number of carbonyl (C=O) groups excluding carboxylic acids is 1. The van der Waals surface area contributed by atoms with Crippen molar-refractivity contribution in [3.8, 4) is 6.01 Å². The molecule has 0 spiro atoms. The molecule has 0 N–H and O–H groups in total. The molecule has 1 atom stereocenters. The van der Waals surface area contributed by atoms with Crippen LogP contribution in [0.1, 0.15) is 33.2 Å². The third kappa shape index (κ3) is 4.12. The standard InChI is InChI=1S/C16H23N5O5/c1-16(2,3)26-15(22)19-8-11(9-19)6-12-7-17-4-5-25-14-18-13(21(23)24)10-20(12)14/h4,10-12H,5-9H2,1-3H3/b17-4-. The molecule has 3 rings (SSSR count). The van der Waals surface area contributed by atoms with E-state index in [0.29, 0.717) is 19.6 Å². The SMILES string of the molecule is CC(C)(C)OC(=O)N1CC(CC2C/N=C\COc3nc([N+](=O)[O-])cn32)C1. The number of carbonyl (C=O) groups is 1. The summed E-state index contributed by atoms with van der Waals surface area (Å²) in [7, 11) is 0. The maximum absolute atomic E-state index is 12.0. The molecule has 0 saturated carbocycles. The Bertz CT molecular complexity index is 717. The second-order valence-corrected chi connectivity index (χ2v) is 7.55. The number of aromatic nitrogens is 2. The van der Waals surface area contributed by atoms with Gasteiger partial charge < -0.3 is 24.5 Å². The van der Waals surface area contributed by atoms with Gasteiger partial charge in [-0.05, 0) is 38.0 Å². The second-order valence-electron chi connectivity index (χ2n) is 7.55. The van der Waals surface area contributed by atoms with Crippen LogP contribution in [0.5, 0.6) is 6.01 Å². The van der Waals surface area contributed by atoms with Gasteiger partial charge in [0.1, 0.15) is 18.4 Å². The number of rotatable bonds is 3. The zero-order valence-electron chi connectivity index (χ0n) is 15.1. The number of amides is 1. The third-order valence-corrected chi connectivity index (χ3v) is 4.21. The van der Waals surface area contributed by atoms with Crippen molar-refractivity contribution in [3.63, 3.8) is 0 Å². The molecular weight excluding hydrogens is 342 g/mol. The van der Waals surface area contributed by atoms with E-state index in [1.807, 2.05) is 20.8 Å². The van der Waals surface area contributed by atoms with Crippen LogP contribution in [-0.2, 0) is 4.74 Å². The van der Waals surface area contributed by atoms with Crippen molar-refractivity contribution in [2.45, 2.75) is 38.8 Å². The maximum atomic E-state index is 12.0. The van der Waals surface area contributed by atoms with E-state index in [2.05, 4.69) is 9.98 Å². The van der Waals surface area contributed by atoms with Crippen molar-refractivity contribution >= 4 is 18.1 Å². The molecule has 3 heterocycles. The molecule has 0 aliphatic carbocycles. The Hall–Kier alpha value is -2.65. The number of hydrogen-bond acceptors (Lipinski definition) is 7. The molecule has 2 aliphatic rings. The molecule has 1 saturated heterocycles. The predicted molar refractivity (Wildman–Crippen MR) is 92.7 cm³/mol. The fourth-order valence-electron chi connectivity index (χ4n) is 3.04. The minimum absolute atomic E-state index is 0.103. The summed E-state index contributed by atoms with van der Waals surface area (Å²) in [5, 5.41) is 11.0. The van der Waals surface area contributed by atoms with Crippen LogP contribution in [-0.4, -0.2) is 63.5 Å². The van der Waals surface area contributed by atoms with Gasteiger partial charge in [0.15, 0.2) is 0 Å². The third-order valence-electron chi connectivity index (χ3n) is 4.21. The first-order valence-electron chi connectivity index (χ1n) is 8.55. The Kier molecular flexibility index (Phi) is 4.84. The largest absolute Gasteiger partial charge is 0.444 e. The van der Waals surface area contributed by atoms with Crippen LogP contribution in [0.2, 0.25) is 0 Å². The minimum atomic E-state index is -0.535. The summed E-state index contributed by atoms with van der Waals surface area (Å²) in [4.78, 5) is 32.4. The summed E-state index contributed by atoms with van der Waals surface area (Å²) in [6, 6.07) is 0.129. The normalized spacial score (nSPS) is 21.7. The molecule has 0 radical (unpaired) electrons. The van der Waals surface area contributed by atoms with Crippen molar-refractivity contribution in [2.75, 3.05) is 26.2 Å². The quantitative estimate of drug-likeness (QED) is 0.598. The predicted octanol–water partition coefficient (Wildman–Crippen LogP) is 2.05. The summed E-state index contributed by atoms with van der Waals surface area (Å²) in [5.41, 5.74) is -0.515. The number of nitro groups is 1. The summed E-state index contributed by atoms with van der Waals surface area (Å²) >= 11 is 0. The van der Waals surface area contributed by atoms with Crippen molar-refractivity contribution in [1.29, 1.82) is 0 Å². The summed E-state index contributed by atoms with van der Waals surface area (Å²) in [6.07, 6.45) is 3.45. The molecule has 0 aromatic carbocycles. The van der Waals surface area contributed by atoms with Crippen LogP contribution in [0.4, 0.5) is 10.6 Å². The van der Waals surface area contributed by atoms with Gasteiger partial charge in [-0.25, -0.2) is 4.79 Å². The lowest BCUT2D eigenvalue weighted by atomic mass is 9.92. The summed E-state index contributed by atoms with van der Waals surface area (Å²) in [5.74, 6) is 0.0346. The monoisotopic (exact) mass is 365 g/mol. The van der Waals surface area contributed by atoms with Crippen LogP contribution in [0.15, 0.2) is 11.2 Å². The zero-order valence-corrected chi connectivity index (χ0v) is 15.1. The number of likely N-dealkylation sites (tertiary alicyclic amines) is 1. The topological polar surface area (TPSA) is 112 Å². The van der Waals surface area contributed by atoms with Crippen molar-refractivity contribution < 1.29 is 19.2 Å². The van der Waals surface area contributed by atoms with Crippen LogP contribution in [0.3, 0.4) is 0 Å². The molecular formula is C16H23N5O5. The molecule has 1 aromatic heterocycles. The molecule has 0 bridgehead atoms. The van der Waals surface area contributed by atoms with E-state index >= 15 is 0 Å². The Labute approximate surface area is 150 Å². The van der Waals surface area contributed by atoms with Gasteiger partial charge in [-0.1, -0.05) is 0 Å². The molecule has 10 nitrogen and oxygen atoms in total. The van der Waals surface area contributed by atoms with E-state index in [1.54, 1.807) is 15.7 Å². The number of imidazole rings is 1. The van der Waals surface area contributed by atoms with E-state index in [9.17, 15) is 14.9 Å². The molecule has 2 aliphatic heterocycles. The summed E-state index contributed by atoms with van der Waals surface area (Å²) in [6.45, 7) is 7.43. The highest BCUT2D eigenvalue weighted by atomic mass is 16.6. The van der Waals surface area contributed by atoms with E-state index < -0.39 is 10.5 Å². The highest BCUT2D eigenvalue weighted by Gasteiger charge is 2.36. The van der Waals surface area contributed by atoms with Crippen molar-refractivity contribution in [3.05, 3.63) is 16.3 Å². The van der Waals surface area contributed by atoms with Gasteiger partial charge >= 0.3 is 17.9 Å². The lowest BCUT2D eigenvalue weighted by Crippen LogP contribution is -2.52. The number of hydrogen-bond donors (Lipinski definition) is 0. The van der Waals surface area contributed by atoms with E-state index in [4.69, 9.17) is 9.47 Å². The Balaban J connectivity index is 1.63. The number of nitrogens with zero attached hydrogens (tertiary/aromatic N) is 5. The first-order chi connectivity index (χ1) is 12.2. The van der Waals surface area contributed by atoms with Gasteiger partial charge in [-0.15, -0.1) is 0 Å². The van der Waals surface area contributed by atoms with Gasteiger partial charge in [0.05, 0.1) is 12.6 Å². The smallest absolute Gasteiger partial charge is 0.414 e. The Morgan fingerprint density at radius 3 is 2.85 bits per heavy atom. The van der Waals surface area contributed by atoms with Crippen molar-refractivity contribution in [1.82, 2.24) is 14.5 Å². The molecule has 26 heavy (non-hydrogen) atoms. The van der Waals surface area contributed by atoms with Crippen LogP contribution >= 0.6 is 0 Å². The van der Waals surface area contributed by atoms with Gasteiger partial charge in [-0.3, -0.25) is 9.56 Å². The maximum Gasteiger partial charge on any atom is 0.414 e. The Morgan fingerprint density at radius 2 is 2.19 bits per heavy atom. The van der Waals surface area contributed by atoms with Gasteiger partial charge in [-0.2, -0.15) is 0 Å². The minimum Gasteiger partial charge on any atom is -0.444 e. The number of aliphatic imine (C=N–C) groups is 1. The van der Waals surface area contributed by atoms with Gasteiger partial charge in [0.25, 0.3) is 0 Å². The first kappa shape index (κ1) is 18.2.